The second-order valence-electron chi connectivity index (χ2n) is 6.35. The Morgan fingerprint density at radius 1 is 1.03 bits per heavy atom. The second kappa shape index (κ2) is 10.1. The zero-order valence-corrected chi connectivity index (χ0v) is 18.6. The minimum Gasteiger partial charge on any atom is -0.272 e. The normalized spacial score (nSPS) is 11.0. The van der Waals surface area contributed by atoms with Crippen LogP contribution in [0.4, 0.5) is 0 Å². The van der Waals surface area contributed by atoms with E-state index in [1.807, 2.05) is 59.2 Å². The highest BCUT2D eigenvalue weighted by atomic mass is 79.9. The standard InChI is InChI=1S/C22H17BrN6OS/c23-18-6-8-19(9-7-18)29-21(17-4-2-1-3-5-17)27-28-22(29)31-15-20(30)26-25-14-16-10-12-24-13-11-16/h1-14H,15H2,(H,26,30). The molecule has 0 saturated carbocycles. The van der Waals surface area contributed by atoms with Crippen molar-refractivity contribution in [1.29, 1.82) is 0 Å². The molecule has 7 nitrogen and oxygen atoms in total. The van der Waals surface area contributed by atoms with E-state index in [0.717, 1.165) is 21.3 Å². The van der Waals surface area contributed by atoms with Crippen molar-refractivity contribution in [2.24, 2.45) is 5.10 Å². The average Bonchev–Trinajstić information content (AvgIpc) is 3.23. The van der Waals surface area contributed by atoms with Gasteiger partial charge >= 0.3 is 0 Å². The van der Waals surface area contributed by atoms with Crippen LogP contribution in [0.3, 0.4) is 0 Å². The van der Waals surface area contributed by atoms with Gasteiger partial charge in [0.25, 0.3) is 5.91 Å². The molecular weight excluding hydrogens is 476 g/mol. The van der Waals surface area contributed by atoms with E-state index in [-0.39, 0.29) is 11.7 Å². The molecular formula is C22H17BrN6OS. The second-order valence-corrected chi connectivity index (χ2v) is 8.20. The summed E-state index contributed by atoms with van der Waals surface area (Å²) in [6.07, 6.45) is 4.90. The molecule has 4 aromatic rings. The van der Waals surface area contributed by atoms with Gasteiger partial charge in [-0.2, -0.15) is 5.10 Å². The number of hydrogen-bond acceptors (Lipinski definition) is 6. The summed E-state index contributed by atoms with van der Waals surface area (Å²) in [4.78, 5) is 16.2. The number of halogens is 1. The smallest absolute Gasteiger partial charge is 0.250 e. The summed E-state index contributed by atoms with van der Waals surface area (Å²) < 4.78 is 2.92. The Balaban J connectivity index is 1.51. The van der Waals surface area contributed by atoms with Gasteiger partial charge in [-0.25, -0.2) is 5.43 Å². The number of rotatable bonds is 7. The van der Waals surface area contributed by atoms with Gasteiger partial charge in [0.1, 0.15) is 0 Å². The Kier molecular flexibility index (Phi) is 6.85. The highest BCUT2D eigenvalue weighted by Gasteiger charge is 2.17. The lowest BCUT2D eigenvalue weighted by Gasteiger charge is -2.10. The van der Waals surface area contributed by atoms with Gasteiger partial charge in [-0.1, -0.05) is 58.0 Å². The van der Waals surface area contributed by atoms with Gasteiger partial charge in [0.15, 0.2) is 11.0 Å². The molecule has 0 bridgehead atoms. The number of aromatic nitrogens is 4. The van der Waals surface area contributed by atoms with E-state index in [2.05, 4.69) is 41.6 Å². The fraction of sp³-hybridized carbons (Fsp3) is 0.0455. The largest absolute Gasteiger partial charge is 0.272 e. The predicted octanol–water partition coefficient (Wildman–Crippen LogP) is 4.33. The van der Waals surface area contributed by atoms with E-state index < -0.39 is 0 Å². The van der Waals surface area contributed by atoms with Crippen LogP contribution in [0, 0.1) is 0 Å². The van der Waals surface area contributed by atoms with Crippen molar-refractivity contribution < 1.29 is 4.79 Å². The lowest BCUT2D eigenvalue weighted by Crippen LogP contribution is -2.20. The summed E-state index contributed by atoms with van der Waals surface area (Å²) >= 11 is 4.76. The van der Waals surface area contributed by atoms with Crippen molar-refractivity contribution in [2.45, 2.75) is 5.16 Å². The minimum absolute atomic E-state index is 0.150. The Morgan fingerprint density at radius 3 is 2.52 bits per heavy atom. The number of pyridine rings is 1. The number of hydrogen-bond donors (Lipinski definition) is 1. The van der Waals surface area contributed by atoms with Gasteiger partial charge in [-0.15, -0.1) is 10.2 Å². The first-order valence-corrected chi connectivity index (χ1v) is 11.1. The number of carbonyl (C=O) groups is 1. The van der Waals surface area contributed by atoms with Crippen LogP contribution in [0.25, 0.3) is 17.1 Å². The summed E-state index contributed by atoms with van der Waals surface area (Å²) in [6.45, 7) is 0. The molecule has 2 aromatic heterocycles. The van der Waals surface area contributed by atoms with Gasteiger partial charge in [0.05, 0.1) is 12.0 Å². The number of nitrogens with zero attached hydrogens (tertiary/aromatic N) is 5. The lowest BCUT2D eigenvalue weighted by molar-refractivity contribution is -0.118. The van der Waals surface area contributed by atoms with Crippen molar-refractivity contribution in [1.82, 2.24) is 25.2 Å². The molecule has 0 unspecified atom stereocenters. The van der Waals surface area contributed by atoms with Crippen LogP contribution in [-0.2, 0) is 4.79 Å². The van der Waals surface area contributed by atoms with Crippen LogP contribution in [0.5, 0.6) is 0 Å². The van der Waals surface area contributed by atoms with Crippen LogP contribution in [0.1, 0.15) is 5.56 Å². The maximum Gasteiger partial charge on any atom is 0.250 e. The number of thioether (sulfide) groups is 1. The summed E-state index contributed by atoms with van der Waals surface area (Å²) in [6, 6.07) is 21.3. The molecule has 1 amide bonds. The van der Waals surface area contributed by atoms with Gasteiger partial charge in [0, 0.05) is 28.1 Å². The van der Waals surface area contributed by atoms with Crippen LogP contribution in [0.15, 0.2) is 93.9 Å². The molecule has 0 aliphatic carbocycles. The van der Waals surface area contributed by atoms with Crippen molar-refractivity contribution in [3.63, 3.8) is 0 Å². The molecule has 4 rings (SSSR count). The number of benzene rings is 2. The third-order valence-electron chi connectivity index (χ3n) is 4.19. The molecule has 9 heteroatoms. The molecule has 2 heterocycles. The Labute approximate surface area is 191 Å². The van der Waals surface area contributed by atoms with Crippen molar-refractivity contribution >= 4 is 39.8 Å². The predicted molar refractivity (Wildman–Crippen MR) is 125 cm³/mol. The first kappa shape index (κ1) is 21.0. The molecule has 31 heavy (non-hydrogen) atoms. The van der Waals surface area contributed by atoms with Crippen LogP contribution >= 0.6 is 27.7 Å². The van der Waals surface area contributed by atoms with Crippen LogP contribution < -0.4 is 5.43 Å². The zero-order valence-electron chi connectivity index (χ0n) is 16.2. The van der Waals surface area contributed by atoms with E-state index in [0.29, 0.717) is 11.0 Å². The summed E-state index contributed by atoms with van der Waals surface area (Å²) in [5.74, 6) is 0.625. The van der Waals surface area contributed by atoms with Crippen LogP contribution in [0.2, 0.25) is 0 Å². The number of hydrazone groups is 1. The highest BCUT2D eigenvalue weighted by molar-refractivity contribution is 9.10. The zero-order chi connectivity index (χ0) is 21.5. The average molecular weight is 493 g/mol. The maximum absolute atomic E-state index is 12.3. The lowest BCUT2D eigenvalue weighted by atomic mass is 10.2. The summed E-state index contributed by atoms with van der Waals surface area (Å²) in [5.41, 5.74) is 5.23. The first-order valence-electron chi connectivity index (χ1n) is 9.32. The molecule has 0 aliphatic rings. The number of amides is 1. The van der Waals surface area contributed by atoms with Crippen LogP contribution in [-0.4, -0.2) is 37.6 Å². The minimum atomic E-state index is -0.234. The third-order valence-corrected chi connectivity index (χ3v) is 5.65. The van der Waals surface area contributed by atoms with Crippen molar-refractivity contribution in [3.05, 3.63) is 89.2 Å². The molecule has 0 atom stereocenters. The Hall–Kier alpha value is -3.30. The Bertz CT molecular complexity index is 1180. The molecule has 0 fully saturated rings. The topological polar surface area (TPSA) is 85.1 Å². The first-order chi connectivity index (χ1) is 15.2. The molecule has 154 valence electrons. The van der Waals surface area contributed by atoms with Crippen molar-refractivity contribution in [3.8, 4) is 17.1 Å². The van der Waals surface area contributed by atoms with E-state index in [9.17, 15) is 4.79 Å². The van der Waals surface area contributed by atoms with E-state index >= 15 is 0 Å². The van der Waals surface area contributed by atoms with Gasteiger partial charge in [-0.3, -0.25) is 14.3 Å². The number of nitrogens with one attached hydrogen (secondary N) is 1. The maximum atomic E-state index is 12.3. The van der Waals surface area contributed by atoms with Gasteiger partial charge < -0.3 is 0 Å². The molecule has 2 aromatic carbocycles. The van der Waals surface area contributed by atoms with Crippen molar-refractivity contribution in [2.75, 3.05) is 5.75 Å². The SMILES string of the molecule is O=C(CSc1nnc(-c2ccccc2)n1-c1ccc(Br)cc1)NN=Cc1ccncc1. The molecule has 0 saturated heterocycles. The molecule has 0 spiro atoms. The summed E-state index contributed by atoms with van der Waals surface area (Å²) in [5, 5.41) is 13.3. The Morgan fingerprint density at radius 2 is 1.77 bits per heavy atom. The molecule has 0 radical (unpaired) electrons. The third kappa shape index (κ3) is 5.44. The molecule has 1 N–H and O–H groups in total. The fourth-order valence-electron chi connectivity index (χ4n) is 2.75. The number of carbonyl (C=O) groups excluding carboxylic acids is 1. The van der Waals surface area contributed by atoms with E-state index in [4.69, 9.17) is 0 Å². The summed E-state index contributed by atoms with van der Waals surface area (Å²) in [7, 11) is 0. The van der Waals surface area contributed by atoms with Gasteiger partial charge in [-0.05, 0) is 42.0 Å². The monoisotopic (exact) mass is 492 g/mol. The van der Waals surface area contributed by atoms with E-state index in [1.54, 1.807) is 30.7 Å². The fourth-order valence-corrected chi connectivity index (χ4v) is 3.76. The highest BCUT2D eigenvalue weighted by Crippen LogP contribution is 2.28. The van der Waals surface area contributed by atoms with E-state index in [1.165, 1.54) is 11.8 Å². The quantitative estimate of drug-likeness (QED) is 0.235. The molecule has 0 aliphatic heterocycles. The van der Waals surface area contributed by atoms with Gasteiger partial charge in [0.2, 0.25) is 0 Å².